The van der Waals surface area contributed by atoms with E-state index in [1.807, 2.05) is 6.92 Å². The second-order valence-electron chi connectivity index (χ2n) is 4.75. The van der Waals surface area contributed by atoms with E-state index in [-0.39, 0.29) is 25.3 Å². The number of rotatable bonds is 9. The molecule has 0 amide bonds. The number of hydrogen-bond donors (Lipinski definition) is 0. The number of carbonyl (C=O) groups is 1. The molecule has 2 atom stereocenters. The summed E-state index contributed by atoms with van der Waals surface area (Å²) >= 11 is 0. The van der Waals surface area contributed by atoms with Gasteiger partial charge in [0.2, 0.25) is 0 Å². The molecule has 0 aromatic rings. The summed E-state index contributed by atoms with van der Waals surface area (Å²) in [5.74, 6) is 0.183. The van der Waals surface area contributed by atoms with Gasteiger partial charge in [-0.1, -0.05) is 13.8 Å². The molecule has 0 spiro atoms. The van der Waals surface area contributed by atoms with Crippen molar-refractivity contribution in [2.45, 2.75) is 39.8 Å². The van der Waals surface area contributed by atoms with Crippen LogP contribution in [0, 0.1) is 5.92 Å². The molecule has 1 aliphatic heterocycles. The lowest BCUT2D eigenvalue weighted by Crippen LogP contribution is -2.24. The van der Waals surface area contributed by atoms with Crippen molar-refractivity contribution in [3.8, 4) is 0 Å². The van der Waals surface area contributed by atoms with Gasteiger partial charge in [0.1, 0.15) is 19.3 Å². The van der Waals surface area contributed by atoms with Crippen LogP contribution in [0.15, 0.2) is 0 Å². The third kappa shape index (κ3) is 7.47. The van der Waals surface area contributed by atoms with Crippen LogP contribution >= 0.6 is 0 Å². The molecule has 19 heavy (non-hydrogen) atoms. The van der Waals surface area contributed by atoms with E-state index in [4.69, 9.17) is 23.7 Å². The number of carbonyl (C=O) groups excluding carboxylic acids is 1. The molecular formula is C13H24O6. The summed E-state index contributed by atoms with van der Waals surface area (Å²) in [5.41, 5.74) is 0. The maximum atomic E-state index is 11.4. The molecule has 2 unspecified atom stereocenters. The van der Waals surface area contributed by atoms with Gasteiger partial charge >= 0.3 is 5.97 Å². The minimum Gasteiger partial charge on any atom is -0.461 e. The molecule has 1 rings (SSSR count). The standard InChI is InChI=1S/C13H24O6/c1-4-16-13-18-8-11(19-13)7-17-12(14)9-15-6-5-10(2)3/h10-11,13H,4-9H2,1-3H3. The monoisotopic (exact) mass is 276 g/mol. The van der Waals surface area contributed by atoms with Gasteiger partial charge in [-0.15, -0.1) is 0 Å². The molecule has 0 radical (unpaired) electrons. The van der Waals surface area contributed by atoms with E-state index < -0.39 is 6.48 Å². The fourth-order valence-corrected chi connectivity index (χ4v) is 1.43. The van der Waals surface area contributed by atoms with Crippen molar-refractivity contribution in [2.75, 3.05) is 33.0 Å². The lowest BCUT2D eigenvalue weighted by atomic mass is 10.1. The predicted octanol–water partition coefficient (Wildman–Crippen LogP) is 1.33. The van der Waals surface area contributed by atoms with Gasteiger partial charge in [-0.2, -0.15) is 0 Å². The zero-order valence-electron chi connectivity index (χ0n) is 11.9. The Balaban J connectivity index is 2.01. The summed E-state index contributed by atoms with van der Waals surface area (Å²) in [5, 5.41) is 0. The molecule has 0 saturated carbocycles. The fourth-order valence-electron chi connectivity index (χ4n) is 1.43. The molecule has 0 aromatic carbocycles. The second kappa shape index (κ2) is 9.25. The van der Waals surface area contributed by atoms with Crippen molar-refractivity contribution >= 4 is 5.97 Å². The van der Waals surface area contributed by atoms with E-state index in [1.165, 1.54) is 0 Å². The highest BCUT2D eigenvalue weighted by molar-refractivity contribution is 5.70. The smallest absolute Gasteiger partial charge is 0.332 e. The first-order valence-corrected chi connectivity index (χ1v) is 6.73. The van der Waals surface area contributed by atoms with Gasteiger partial charge in [0.15, 0.2) is 0 Å². The minimum absolute atomic E-state index is 0.0187. The lowest BCUT2D eigenvalue weighted by Gasteiger charge is -2.11. The van der Waals surface area contributed by atoms with Crippen LogP contribution in [-0.4, -0.2) is 51.6 Å². The normalized spacial score (nSPS) is 22.9. The first-order valence-electron chi connectivity index (χ1n) is 6.73. The summed E-state index contributed by atoms with van der Waals surface area (Å²) in [6.07, 6.45) is 0.666. The molecule has 1 fully saturated rings. The highest BCUT2D eigenvalue weighted by atomic mass is 16.9. The van der Waals surface area contributed by atoms with E-state index in [1.54, 1.807) is 0 Å². The third-order valence-electron chi connectivity index (χ3n) is 2.51. The Kier molecular flexibility index (Phi) is 7.97. The molecule has 6 heteroatoms. The van der Waals surface area contributed by atoms with Gasteiger partial charge in [-0.3, -0.25) is 0 Å². The molecule has 1 saturated heterocycles. The van der Waals surface area contributed by atoms with Gasteiger partial charge in [-0.05, 0) is 19.3 Å². The third-order valence-corrected chi connectivity index (χ3v) is 2.51. The van der Waals surface area contributed by atoms with Crippen molar-refractivity contribution in [2.24, 2.45) is 5.92 Å². The Hall–Kier alpha value is -0.690. The van der Waals surface area contributed by atoms with Crippen LogP contribution in [0.3, 0.4) is 0 Å². The second-order valence-corrected chi connectivity index (χ2v) is 4.75. The van der Waals surface area contributed by atoms with Crippen LogP contribution in [-0.2, 0) is 28.5 Å². The first kappa shape index (κ1) is 16.4. The van der Waals surface area contributed by atoms with Crippen LogP contribution in [0.25, 0.3) is 0 Å². The molecular weight excluding hydrogens is 252 g/mol. The summed E-state index contributed by atoms with van der Waals surface area (Å²) in [4.78, 5) is 11.4. The Morgan fingerprint density at radius 2 is 2.21 bits per heavy atom. The maximum Gasteiger partial charge on any atom is 0.332 e. The molecule has 1 heterocycles. The van der Waals surface area contributed by atoms with Gasteiger partial charge in [0.05, 0.1) is 6.61 Å². The number of hydrogen-bond acceptors (Lipinski definition) is 6. The summed E-state index contributed by atoms with van der Waals surface area (Å²) < 4.78 is 25.9. The van der Waals surface area contributed by atoms with Crippen molar-refractivity contribution in [3.05, 3.63) is 0 Å². The number of ether oxygens (including phenoxy) is 5. The van der Waals surface area contributed by atoms with Gasteiger partial charge in [0, 0.05) is 13.2 Å². The van der Waals surface area contributed by atoms with Gasteiger partial charge in [0.25, 0.3) is 6.48 Å². The molecule has 0 aromatic heterocycles. The highest BCUT2D eigenvalue weighted by Crippen LogP contribution is 2.12. The van der Waals surface area contributed by atoms with Crippen molar-refractivity contribution in [1.29, 1.82) is 0 Å². The van der Waals surface area contributed by atoms with E-state index in [9.17, 15) is 4.79 Å². The van der Waals surface area contributed by atoms with Crippen LogP contribution in [0.2, 0.25) is 0 Å². The SMILES string of the molecule is CCOC1OCC(COC(=O)COCCC(C)C)O1. The molecule has 0 aliphatic carbocycles. The molecule has 1 aliphatic rings. The van der Waals surface area contributed by atoms with Gasteiger partial charge < -0.3 is 23.7 Å². The Morgan fingerprint density at radius 1 is 1.42 bits per heavy atom. The van der Waals surface area contributed by atoms with E-state index in [0.717, 1.165) is 6.42 Å². The van der Waals surface area contributed by atoms with Gasteiger partial charge in [-0.25, -0.2) is 4.79 Å². The Morgan fingerprint density at radius 3 is 2.89 bits per heavy atom. The summed E-state index contributed by atoms with van der Waals surface area (Å²) in [7, 11) is 0. The zero-order valence-corrected chi connectivity index (χ0v) is 11.9. The maximum absolute atomic E-state index is 11.4. The molecule has 0 bridgehead atoms. The Labute approximate surface area is 114 Å². The molecule has 0 N–H and O–H groups in total. The Bertz CT molecular complexity index is 256. The summed E-state index contributed by atoms with van der Waals surface area (Å²) in [6, 6.07) is 0. The topological polar surface area (TPSA) is 63.2 Å². The predicted molar refractivity (Wildman–Crippen MR) is 67.5 cm³/mol. The highest BCUT2D eigenvalue weighted by Gasteiger charge is 2.27. The van der Waals surface area contributed by atoms with Crippen LogP contribution in [0.4, 0.5) is 0 Å². The molecule has 6 nitrogen and oxygen atoms in total. The zero-order chi connectivity index (χ0) is 14.1. The van der Waals surface area contributed by atoms with E-state index >= 15 is 0 Å². The first-order chi connectivity index (χ1) is 9.11. The molecule has 112 valence electrons. The average molecular weight is 276 g/mol. The van der Waals surface area contributed by atoms with Crippen LogP contribution in [0.1, 0.15) is 27.2 Å². The van der Waals surface area contributed by atoms with Crippen LogP contribution < -0.4 is 0 Å². The van der Waals surface area contributed by atoms with Crippen molar-refractivity contribution < 1.29 is 28.5 Å². The fraction of sp³-hybridized carbons (Fsp3) is 0.923. The largest absolute Gasteiger partial charge is 0.461 e. The van der Waals surface area contributed by atoms with E-state index in [0.29, 0.717) is 25.7 Å². The summed E-state index contributed by atoms with van der Waals surface area (Å²) in [6.45, 7) is 7.02. The van der Waals surface area contributed by atoms with Crippen molar-refractivity contribution in [3.63, 3.8) is 0 Å². The lowest BCUT2D eigenvalue weighted by molar-refractivity contribution is -0.237. The van der Waals surface area contributed by atoms with Crippen molar-refractivity contribution in [1.82, 2.24) is 0 Å². The quantitative estimate of drug-likeness (QED) is 0.467. The average Bonchev–Trinajstić information content (AvgIpc) is 2.80. The minimum atomic E-state index is -0.643. The number of esters is 1. The van der Waals surface area contributed by atoms with E-state index in [2.05, 4.69) is 13.8 Å². The van der Waals surface area contributed by atoms with Crippen LogP contribution in [0.5, 0.6) is 0 Å².